The van der Waals surface area contributed by atoms with Gasteiger partial charge in [-0.05, 0) is 35.9 Å². The Morgan fingerprint density at radius 3 is 2.26 bits per heavy atom. The third-order valence-electron chi connectivity index (χ3n) is 5.94. The van der Waals surface area contributed by atoms with Crippen LogP contribution >= 0.6 is 0 Å². The summed E-state index contributed by atoms with van der Waals surface area (Å²) in [6.45, 7) is 0.827. The summed E-state index contributed by atoms with van der Waals surface area (Å²) in [5, 5.41) is 12.2. The second-order valence-electron chi connectivity index (χ2n) is 8.20. The Kier molecular flexibility index (Phi) is 5.85. The maximum atomic E-state index is 13.6. The average molecular weight is 466 g/mol. The predicted molar refractivity (Wildman–Crippen MR) is 129 cm³/mol. The number of anilines is 1. The lowest BCUT2D eigenvalue weighted by atomic mass is 10.0. The fourth-order valence-corrected chi connectivity index (χ4v) is 4.27. The van der Waals surface area contributed by atoms with Crippen LogP contribution in [0.25, 0.3) is 0 Å². The molecule has 0 spiro atoms. The first-order valence-corrected chi connectivity index (χ1v) is 11.1. The molecule has 0 aliphatic carbocycles. The molecule has 1 atom stereocenters. The maximum absolute atomic E-state index is 13.6. The molecule has 8 nitrogen and oxygen atoms in total. The number of aromatic nitrogens is 2. The molecule has 35 heavy (non-hydrogen) atoms. The number of nitrogens with one attached hydrogen (secondary N) is 1. The van der Waals surface area contributed by atoms with Gasteiger partial charge in [0.05, 0.1) is 5.56 Å². The van der Waals surface area contributed by atoms with Gasteiger partial charge >= 0.3 is 5.97 Å². The highest BCUT2D eigenvalue weighted by atomic mass is 16.4. The summed E-state index contributed by atoms with van der Waals surface area (Å²) in [6.07, 6.45) is 1.70. The normalized spacial score (nSPS) is 14.7. The third kappa shape index (κ3) is 4.41. The number of para-hydroxylation sites is 1. The van der Waals surface area contributed by atoms with E-state index in [9.17, 15) is 19.5 Å². The fourth-order valence-electron chi connectivity index (χ4n) is 4.27. The van der Waals surface area contributed by atoms with Crippen molar-refractivity contribution in [2.24, 2.45) is 0 Å². The molecule has 0 saturated heterocycles. The molecule has 2 heterocycles. The molecule has 3 aromatic carbocycles. The number of carboxylic acids is 1. The monoisotopic (exact) mass is 466 g/mol. The Balaban J connectivity index is 1.51. The molecular weight excluding hydrogens is 444 g/mol. The zero-order chi connectivity index (χ0) is 24.4. The average Bonchev–Trinajstić information content (AvgIpc) is 3.33. The lowest BCUT2D eigenvalue weighted by Gasteiger charge is -2.36. The van der Waals surface area contributed by atoms with Crippen molar-refractivity contribution in [3.05, 3.63) is 119 Å². The number of aromatic carboxylic acids is 1. The number of hydrogen-bond donors (Lipinski definition) is 2. The van der Waals surface area contributed by atoms with E-state index in [1.165, 1.54) is 12.1 Å². The van der Waals surface area contributed by atoms with Gasteiger partial charge in [0.2, 0.25) is 0 Å². The number of rotatable bonds is 5. The van der Waals surface area contributed by atoms with Crippen molar-refractivity contribution in [3.8, 4) is 0 Å². The summed E-state index contributed by atoms with van der Waals surface area (Å²) in [7, 11) is 0. The third-order valence-corrected chi connectivity index (χ3v) is 5.94. The molecule has 1 unspecified atom stereocenters. The van der Waals surface area contributed by atoms with Crippen LogP contribution in [0.2, 0.25) is 0 Å². The predicted octanol–water partition coefficient (Wildman–Crippen LogP) is 4.08. The summed E-state index contributed by atoms with van der Waals surface area (Å²) in [6, 6.07) is 24.1. The summed E-state index contributed by atoms with van der Waals surface area (Å²) in [5.74, 6) is -1.16. The van der Waals surface area contributed by atoms with E-state index in [0.29, 0.717) is 24.6 Å². The largest absolute Gasteiger partial charge is 0.478 e. The Morgan fingerprint density at radius 2 is 1.54 bits per heavy atom. The van der Waals surface area contributed by atoms with Crippen LogP contribution in [0.5, 0.6) is 0 Å². The van der Waals surface area contributed by atoms with Crippen LogP contribution in [0, 0.1) is 0 Å². The van der Waals surface area contributed by atoms with Crippen LogP contribution in [0.3, 0.4) is 0 Å². The van der Waals surface area contributed by atoms with Crippen LogP contribution in [0.15, 0.2) is 91.1 Å². The Hall–Kier alpha value is -4.72. The molecule has 2 N–H and O–H groups in total. The number of nitrogens with zero attached hydrogens (tertiary/aromatic N) is 3. The number of carbonyl (C=O) groups excluding carboxylic acids is 2. The molecule has 174 valence electrons. The van der Waals surface area contributed by atoms with Crippen molar-refractivity contribution < 1.29 is 19.5 Å². The Morgan fingerprint density at radius 1 is 0.857 bits per heavy atom. The van der Waals surface area contributed by atoms with E-state index in [1.807, 2.05) is 53.1 Å². The van der Waals surface area contributed by atoms with Crippen molar-refractivity contribution in [2.45, 2.75) is 12.6 Å². The van der Waals surface area contributed by atoms with Crippen molar-refractivity contribution in [1.29, 1.82) is 0 Å². The molecule has 0 fully saturated rings. The molecule has 4 aromatic rings. The van der Waals surface area contributed by atoms with Gasteiger partial charge in [-0.3, -0.25) is 9.59 Å². The van der Waals surface area contributed by atoms with Gasteiger partial charge in [-0.2, -0.15) is 0 Å². The summed E-state index contributed by atoms with van der Waals surface area (Å²) in [4.78, 5) is 44.2. The first-order chi connectivity index (χ1) is 17.0. The zero-order valence-corrected chi connectivity index (χ0v) is 18.7. The maximum Gasteiger partial charge on any atom is 0.335 e. The van der Waals surface area contributed by atoms with Crippen LogP contribution in [-0.2, 0) is 6.54 Å². The minimum Gasteiger partial charge on any atom is -0.478 e. The van der Waals surface area contributed by atoms with E-state index >= 15 is 0 Å². The first kappa shape index (κ1) is 22.1. The van der Waals surface area contributed by atoms with Crippen LogP contribution in [0.1, 0.15) is 48.6 Å². The number of imidazole rings is 1. The van der Waals surface area contributed by atoms with E-state index in [2.05, 4.69) is 10.3 Å². The molecule has 1 aliphatic rings. The lowest BCUT2D eigenvalue weighted by Crippen LogP contribution is -2.42. The number of carbonyl (C=O) groups is 3. The van der Waals surface area contributed by atoms with Crippen molar-refractivity contribution in [1.82, 2.24) is 14.5 Å². The second-order valence-corrected chi connectivity index (χ2v) is 8.20. The van der Waals surface area contributed by atoms with Gasteiger partial charge in [0.25, 0.3) is 11.8 Å². The van der Waals surface area contributed by atoms with Gasteiger partial charge in [-0.25, -0.2) is 9.78 Å². The number of fused-ring (bicyclic) bond motifs is 1. The highest BCUT2D eigenvalue weighted by Crippen LogP contribution is 2.33. The molecule has 8 heteroatoms. The Bertz CT molecular complexity index is 1400. The number of benzene rings is 3. The minimum atomic E-state index is -1.09. The summed E-state index contributed by atoms with van der Waals surface area (Å²) >= 11 is 0. The summed E-state index contributed by atoms with van der Waals surface area (Å²) in [5.41, 5.74) is 2.10. The highest BCUT2D eigenvalue weighted by Gasteiger charge is 2.35. The summed E-state index contributed by atoms with van der Waals surface area (Å²) < 4.78 is 1.90. The van der Waals surface area contributed by atoms with Gasteiger partial charge < -0.3 is 19.9 Å². The smallest absolute Gasteiger partial charge is 0.335 e. The first-order valence-electron chi connectivity index (χ1n) is 11.1. The standard InChI is InChI=1S/C27H22N4O4/c32-25(28-21-12-5-2-6-13-21)22-17-30-14-15-31(23(24(30)29-22)18-8-3-1-4-9-18)26(33)19-10-7-11-20(16-19)27(34)35/h1-13,16-17,23H,14-15H2,(H,28,32)(H,34,35). The van der Waals surface area contributed by atoms with Crippen LogP contribution < -0.4 is 5.32 Å². The van der Waals surface area contributed by atoms with E-state index in [1.54, 1.807) is 35.4 Å². The molecule has 2 amide bonds. The fraction of sp³-hybridized carbons (Fsp3) is 0.111. The van der Waals surface area contributed by atoms with Crippen LogP contribution in [0.4, 0.5) is 5.69 Å². The van der Waals surface area contributed by atoms with Gasteiger partial charge in [0.15, 0.2) is 0 Å². The molecule has 1 aromatic heterocycles. The molecular formula is C27H22N4O4. The van der Waals surface area contributed by atoms with Crippen LogP contribution in [-0.4, -0.2) is 43.9 Å². The Labute approximate surface area is 201 Å². The van der Waals surface area contributed by atoms with Gasteiger partial charge in [0, 0.05) is 30.5 Å². The van der Waals surface area contributed by atoms with E-state index in [4.69, 9.17) is 0 Å². The van der Waals surface area contributed by atoms with E-state index in [0.717, 1.165) is 5.56 Å². The van der Waals surface area contributed by atoms with Crippen molar-refractivity contribution >= 4 is 23.5 Å². The van der Waals surface area contributed by atoms with Crippen molar-refractivity contribution in [3.63, 3.8) is 0 Å². The molecule has 0 saturated carbocycles. The van der Waals surface area contributed by atoms with E-state index in [-0.39, 0.29) is 28.6 Å². The molecule has 5 rings (SSSR count). The van der Waals surface area contributed by atoms with Crippen molar-refractivity contribution in [2.75, 3.05) is 11.9 Å². The van der Waals surface area contributed by atoms with Gasteiger partial charge in [-0.15, -0.1) is 0 Å². The quantitative estimate of drug-likeness (QED) is 0.461. The second kappa shape index (κ2) is 9.26. The lowest BCUT2D eigenvalue weighted by molar-refractivity contribution is 0.0658. The number of carboxylic acid groups (broad SMARTS) is 1. The van der Waals surface area contributed by atoms with Gasteiger partial charge in [-0.1, -0.05) is 54.6 Å². The minimum absolute atomic E-state index is 0.0467. The van der Waals surface area contributed by atoms with Gasteiger partial charge in [0.1, 0.15) is 17.6 Å². The number of amides is 2. The topological polar surface area (TPSA) is 105 Å². The van der Waals surface area contributed by atoms with E-state index < -0.39 is 12.0 Å². The SMILES string of the molecule is O=C(O)c1cccc(C(=O)N2CCn3cc(C(=O)Nc4ccccc4)nc3C2c2ccccc2)c1. The molecule has 1 aliphatic heterocycles. The highest BCUT2D eigenvalue weighted by molar-refractivity contribution is 6.03. The molecule has 0 bridgehead atoms. The number of hydrogen-bond acceptors (Lipinski definition) is 4. The molecule has 0 radical (unpaired) electrons. The zero-order valence-electron chi connectivity index (χ0n) is 18.7.